The van der Waals surface area contributed by atoms with E-state index in [-0.39, 0.29) is 5.91 Å². The van der Waals surface area contributed by atoms with Crippen LogP contribution in [-0.4, -0.2) is 39.5 Å². The van der Waals surface area contributed by atoms with E-state index in [0.29, 0.717) is 17.2 Å². The molecule has 0 aliphatic rings. The topological polar surface area (TPSA) is 81.2 Å². The first-order chi connectivity index (χ1) is 12.6. The summed E-state index contributed by atoms with van der Waals surface area (Å²) in [6, 6.07) is 12.3. The summed E-state index contributed by atoms with van der Waals surface area (Å²) in [6.45, 7) is 1.74. The number of ether oxygens (including phenoxy) is 3. The molecular weight excluding hydrogens is 334 g/mol. The lowest BCUT2D eigenvalue weighted by molar-refractivity contribution is -0.121. The van der Waals surface area contributed by atoms with Gasteiger partial charge in [0.05, 0.1) is 33.2 Å². The van der Waals surface area contributed by atoms with Gasteiger partial charge in [-0.25, -0.2) is 5.43 Å². The summed E-state index contributed by atoms with van der Waals surface area (Å²) in [5.41, 5.74) is 4.02. The number of anilines is 1. The van der Waals surface area contributed by atoms with E-state index in [2.05, 4.69) is 15.8 Å². The summed E-state index contributed by atoms with van der Waals surface area (Å²) < 4.78 is 15.7. The van der Waals surface area contributed by atoms with Crippen LogP contribution in [0, 0.1) is 0 Å². The third-order valence-corrected chi connectivity index (χ3v) is 3.67. The van der Waals surface area contributed by atoms with Gasteiger partial charge < -0.3 is 19.5 Å². The molecule has 0 radical (unpaired) electrons. The van der Waals surface area contributed by atoms with E-state index in [1.807, 2.05) is 30.3 Å². The van der Waals surface area contributed by atoms with Crippen molar-refractivity contribution in [3.8, 4) is 17.2 Å². The summed E-state index contributed by atoms with van der Waals surface area (Å²) >= 11 is 0. The molecule has 138 valence electrons. The SMILES string of the molecule is COc1ccccc1N[C@H](C)C(=O)N/N=C\c1ccc(OC)c(OC)c1. The molecule has 2 rings (SSSR count). The maximum atomic E-state index is 12.2. The van der Waals surface area contributed by atoms with Gasteiger partial charge in [0.15, 0.2) is 11.5 Å². The Morgan fingerprint density at radius 1 is 1.00 bits per heavy atom. The Balaban J connectivity index is 1.96. The average molecular weight is 357 g/mol. The van der Waals surface area contributed by atoms with Gasteiger partial charge in [0, 0.05) is 0 Å². The van der Waals surface area contributed by atoms with Gasteiger partial charge in [-0.3, -0.25) is 4.79 Å². The lowest BCUT2D eigenvalue weighted by Gasteiger charge is -2.15. The van der Waals surface area contributed by atoms with Gasteiger partial charge in [-0.15, -0.1) is 0 Å². The second-order valence-electron chi connectivity index (χ2n) is 5.41. The van der Waals surface area contributed by atoms with E-state index in [9.17, 15) is 4.79 Å². The molecule has 7 nitrogen and oxygen atoms in total. The Kier molecular flexibility index (Phi) is 6.84. The van der Waals surface area contributed by atoms with Gasteiger partial charge in [0.2, 0.25) is 0 Å². The number of methoxy groups -OCH3 is 3. The largest absolute Gasteiger partial charge is 0.495 e. The summed E-state index contributed by atoms with van der Waals surface area (Å²) in [5, 5.41) is 7.08. The summed E-state index contributed by atoms with van der Waals surface area (Å²) in [7, 11) is 4.71. The monoisotopic (exact) mass is 357 g/mol. The molecule has 0 aliphatic carbocycles. The Morgan fingerprint density at radius 3 is 2.38 bits per heavy atom. The van der Waals surface area contributed by atoms with Gasteiger partial charge in [0.1, 0.15) is 11.8 Å². The van der Waals surface area contributed by atoms with E-state index < -0.39 is 6.04 Å². The van der Waals surface area contributed by atoms with Crippen molar-refractivity contribution in [2.45, 2.75) is 13.0 Å². The molecule has 2 N–H and O–H groups in total. The number of hydrogen-bond donors (Lipinski definition) is 2. The molecule has 0 aliphatic heterocycles. The van der Waals surface area contributed by atoms with Crippen LogP contribution in [0.4, 0.5) is 5.69 Å². The molecule has 1 amide bonds. The lowest BCUT2D eigenvalue weighted by Crippen LogP contribution is -2.35. The van der Waals surface area contributed by atoms with Crippen LogP contribution in [0.1, 0.15) is 12.5 Å². The van der Waals surface area contributed by atoms with Crippen LogP contribution in [0.25, 0.3) is 0 Å². The highest BCUT2D eigenvalue weighted by Gasteiger charge is 2.13. The minimum atomic E-state index is -0.492. The number of nitrogens with zero attached hydrogens (tertiary/aromatic N) is 1. The first-order valence-corrected chi connectivity index (χ1v) is 8.03. The normalized spacial score (nSPS) is 11.7. The van der Waals surface area contributed by atoms with Crippen molar-refractivity contribution in [2.24, 2.45) is 5.10 Å². The second-order valence-corrected chi connectivity index (χ2v) is 5.41. The summed E-state index contributed by atoms with van der Waals surface area (Å²) in [6.07, 6.45) is 1.54. The van der Waals surface area contributed by atoms with E-state index in [1.54, 1.807) is 40.4 Å². The maximum Gasteiger partial charge on any atom is 0.262 e. The van der Waals surface area contributed by atoms with Crippen LogP contribution in [0.15, 0.2) is 47.6 Å². The van der Waals surface area contributed by atoms with Crippen LogP contribution in [0.2, 0.25) is 0 Å². The molecule has 26 heavy (non-hydrogen) atoms. The number of para-hydroxylation sites is 2. The zero-order valence-electron chi connectivity index (χ0n) is 15.3. The number of nitrogens with one attached hydrogen (secondary N) is 2. The maximum absolute atomic E-state index is 12.2. The van der Waals surface area contributed by atoms with Gasteiger partial charge in [-0.2, -0.15) is 5.10 Å². The molecule has 0 spiro atoms. The summed E-state index contributed by atoms with van der Waals surface area (Å²) in [4.78, 5) is 12.2. The van der Waals surface area contributed by atoms with E-state index in [0.717, 1.165) is 11.3 Å². The molecule has 0 bridgehead atoms. The Bertz CT molecular complexity index is 777. The van der Waals surface area contributed by atoms with E-state index in [4.69, 9.17) is 14.2 Å². The molecule has 7 heteroatoms. The quantitative estimate of drug-likeness (QED) is 0.561. The number of benzene rings is 2. The van der Waals surface area contributed by atoms with Crippen molar-refractivity contribution in [3.63, 3.8) is 0 Å². The van der Waals surface area contributed by atoms with Crippen LogP contribution >= 0.6 is 0 Å². The highest BCUT2D eigenvalue weighted by Crippen LogP contribution is 2.27. The van der Waals surface area contributed by atoms with Crippen LogP contribution in [-0.2, 0) is 4.79 Å². The van der Waals surface area contributed by atoms with Crippen LogP contribution in [0.3, 0.4) is 0 Å². The molecule has 0 aromatic heterocycles. The first-order valence-electron chi connectivity index (χ1n) is 8.03. The fraction of sp³-hybridized carbons (Fsp3) is 0.263. The van der Waals surface area contributed by atoms with E-state index in [1.165, 1.54) is 6.21 Å². The fourth-order valence-electron chi connectivity index (χ4n) is 2.26. The fourth-order valence-corrected chi connectivity index (χ4v) is 2.26. The van der Waals surface area contributed by atoms with E-state index >= 15 is 0 Å². The third kappa shape index (κ3) is 4.89. The van der Waals surface area contributed by atoms with Crippen molar-refractivity contribution in [1.82, 2.24) is 5.43 Å². The minimum Gasteiger partial charge on any atom is -0.495 e. The highest BCUT2D eigenvalue weighted by atomic mass is 16.5. The molecular formula is C19H23N3O4. The Morgan fingerprint density at radius 2 is 1.69 bits per heavy atom. The highest BCUT2D eigenvalue weighted by molar-refractivity contribution is 5.87. The average Bonchev–Trinajstić information content (AvgIpc) is 2.68. The van der Waals surface area contributed by atoms with Crippen molar-refractivity contribution < 1.29 is 19.0 Å². The molecule has 0 saturated carbocycles. The van der Waals surface area contributed by atoms with Crippen molar-refractivity contribution in [3.05, 3.63) is 48.0 Å². The van der Waals surface area contributed by atoms with Crippen molar-refractivity contribution in [2.75, 3.05) is 26.6 Å². The molecule has 0 unspecified atom stereocenters. The molecule has 1 atom stereocenters. The number of amides is 1. The predicted molar refractivity (Wildman–Crippen MR) is 101 cm³/mol. The number of carbonyl (C=O) groups excluding carboxylic acids is 1. The van der Waals surface area contributed by atoms with Crippen LogP contribution in [0.5, 0.6) is 17.2 Å². The zero-order chi connectivity index (χ0) is 18.9. The smallest absolute Gasteiger partial charge is 0.262 e. The minimum absolute atomic E-state index is 0.271. The molecule has 0 saturated heterocycles. The number of hydrazone groups is 1. The zero-order valence-corrected chi connectivity index (χ0v) is 15.3. The number of carbonyl (C=O) groups is 1. The van der Waals surface area contributed by atoms with Gasteiger partial charge in [0.25, 0.3) is 5.91 Å². The first kappa shape index (κ1) is 19.1. The van der Waals surface area contributed by atoms with Gasteiger partial charge >= 0.3 is 0 Å². The number of hydrogen-bond acceptors (Lipinski definition) is 6. The standard InChI is InChI=1S/C19H23N3O4/c1-13(21-15-7-5-6-8-16(15)24-2)19(23)22-20-12-14-9-10-17(25-3)18(11-14)26-4/h5-13,21H,1-4H3,(H,22,23)/b20-12-/t13-/m1/s1. The van der Waals surface area contributed by atoms with Crippen LogP contribution < -0.4 is 25.0 Å². The third-order valence-electron chi connectivity index (χ3n) is 3.67. The van der Waals surface area contributed by atoms with Gasteiger partial charge in [-0.05, 0) is 42.8 Å². The number of rotatable bonds is 8. The Hall–Kier alpha value is -3.22. The van der Waals surface area contributed by atoms with Crippen molar-refractivity contribution in [1.29, 1.82) is 0 Å². The Labute approximate surface area is 153 Å². The molecule has 0 heterocycles. The van der Waals surface area contributed by atoms with Gasteiger partial charge in [-0.1, -0.05) is 12.1 Å². The molecule has 2 aromatic rings. The second kappa shape index (κ2) is 9.31. The molecule has 2 aromatic carbocycles. The summed E-state index contributed by atoms with van der Waals surface area (Å²) in [5.74, 6) is 1.62. The molecule has 0 fully saturated rings. The predicted octanol–water partition coefficient (Wildman–Crippen LogP) is 2.66. The lowest BCUT2D eigenvalue weighted by atomic mass is 10.2. The van der Waals surface area contributed by atoms with Crippen molar-refractivity contribution >= 4 is 17.8 Å².